The Morgan fingerprint density at radius 2 is 1.57 bits per heavy atom. The van der Waals surface area contributed by atoms with E-state index in [1.165, 1.54) is 22.9 Å². The second-order valence-corrected chi connectivity index (χ2v) is 6.93. The summed E-state index contributed by atoms with van der Waals surface area (Å²) in [5, 5.41) is 39.4. The molecular formula is C20H17FN4O3. The van der Waals surface area contributed by atoms with Crippen LogP contribution in [0, 0.1) is 5.82 Å². The number of fused-ring (bicyclic) bond motifs is 2. The fourth-order valence-corrected chi connectivity index (χ4v) is 3.92. The van der Waals surface area contributed by atoms with Crippen molar-refractivity contribution in [3.8, 4) is 28.9 Å². The molecule has 0 fully saturated rings. The molecule has 0 saturated heterocycles. The molecule has 0 aliphatic heterocycles. The van der Waals surface area contributed by atoms with Crippen LogP contribution in [0.4, 0.5) is 4.39 Å². The largest absolute Gasteiger partial charge is 0.506 e. The second kappa shape index (κ2) is 5.98. The molecule has 2 heterocycles. The lowest BCUT2D eigenvalue weighted by Crippen LogP contribution is -2.00. The standard InChI is InChI=1S/C20H17FN4O3/c21-13-9-14-17(25(23-22-14)15-7-3-4-8-18(15)26)10-16(13)24-19(27)11-5-1-2-6-12(11)20(24)28/h3-4,7-10,26-28H,1-2,5-6H2. The summed E-state index contributed by atoms with van der Waals surface area (Å²) in [6.07, 6.45) is 3.11. The maximum absolute atomic E-state index is 14.9. The molecule has 0 unspecified atom stereocenters. The highest BCUT2D eigenvalue weighted by Gasteiger charge is 2.27. The Labute approximate surface area is 158 Å². The van der Waals surface area contributed by atoms with Gasteiger partial charge in [-0.05, 0) is 43.9 Å². The topological polar surface area (TPSA) is 96.3 Å². The van der Waals surface area contributed by atoms with Crippen LogP contribution >= 0.6 is 0 Å². The summed E-state index contributed by atoms with van der Waals surface area (Å²) < 4.78 is 17.4. The van der Waals surface area contributed by atoms with Gasteiger partial charge in [0.05, 0.1) is 11.2 Å². The van der Waals surface area contributed by atoms with Gasteiger partial charge in [-0.3, -0.25) is 0 Å². The van der Waals surface area contributed by atoms with Crippen molar-refractivity contribution in [2.24, 2.45) is 0 Å². The average Bonchev–Trinajstić information content (AvgIpc) is 3.21. The van der Waals surface area contributed by atoms with E-state index < -0.39 is 5.82 Å². The molecule has 0 amide bonds. The van der Waals surface area contributed by atoms with E-state index in [0.29, 0.717) is 40.7 Å². The van der Waals surface area contributed by atoms with Crippen LogP contribution in [0.3, 0.4) is 0 Å². The van der Waals surface area contributed by atoms with Crippen molar-refractivity contribution < 1.29 is 19.7 Å². The van der Waals surface area contributed by atoms with Crippen LogP contribution < -0.4 is 0 Å². The maximum Gasteiger partial charge on any atom is 0.202 e. The zero-order valence-corrected chi connectivity index (χ0v) is 14.8. The van der Waals surface area contributed by atoms with Crippen LogP contribution in [0.25, 0.3) is 22.4 Å². The van der Waals surface area contributed by atoms with Gasteiger partial charge in [-0.2, -0.15) is 0 Å². The van der Waals surface area contributed by atoms with Gasteiger partial charge in [0, 0.05) is 17.2 Å². The molecule has 142 valence electrons. The van der Waals surface area contributed by atoms with E-state index >= 15 is 0 Å². The Morgan fingerprint density at radius 1 is 0.893 bits per heavy atom. The van der Waals surface area contributed by atoms with E-state index in [0.717, 1.165) is 17.4 Å². The minimum atomic E-state index is -0.644. The lowest BCUT2D eigenvalue weighted by atomic mass is 9.95. The van der Waals surface area contributed by atoms with E-state index in [4.69, 9.17) is 0 Å². The average molecular weight is 380 g/mol. The summed E-state index contributed by atoms with van der Waals surface area (Å²) in [7, 11) is 0. The zero-order chi connectivity index (χ0) is 19.4. The summed E-state index contributed by atoms with van der Waals surface area (Å²) in [5.41, 5.74) is 2.44. The molecule has 1 aliphatic carbocycles. The second-order valence-electron chi connectivity index (χ2n) is 6.93. The molecule has 1 aliphatic rings. The van der Waals surface area contributed by atoms with Crippen molar-refractivity contribution in [2.45, 2.75) is 25.7 Å². The van der Waals surface area contributed by atoms with Gasteiger partial charge in [-0.15, -0.1) is 5.10 Å². The quantitative estimate of drug-likeness (QED) is 0.496. The van der Waals surface area contributed by atoms with Gasteiger partial charge in [0.25, 0.3) is 0 Å². The minimum Gasteiger partial charge on any atom is -0.506 e. The fourth-order valence-electron chi connectivity index (χ4n) is 3.92. The zero-order valence-electron chi connectivity index (χ0n) is 14.8. The SMILES string of the molecule is Oc1ccccc1-n1nnc2cc(F)c(-n3c(O)c4c(c3O)CCCC4)cc21. The number of aromatic hydroxyl groups is 3. The number of rotatable bonds is 2. The Kier molecular flexibility index (Phi) is 3.55. The molecule has 0 atom stereocenters. The number of phenols is 1. The number of hydrogen-bond acceptors (Lipinski definition) is 5. The van der Waals surface area contributed by atoms with Crippen molar-refractivity contribution in [3.05, 3.63) is 53.3 Å². The molecule has 2 aromatic heterocycles. The number of hydrogen-bond donors (Lipinski definition) is 3. The first-order valence-corrected chi connectivity index (χ1v) is 9.04. The van der Waals surface area contributed by atoms with Crippen LogP contribution in [0.1, 0.15) is 24.0 Å². The van der Waals surface area contributed by atoms with Gasteiger partial charge in [-0.1, -0.05) is 17.3 Å². The predicted molar refractivity (Wildman–Crippen MR) is 99.8 cm³/mol. The first-order chi connectivity index (χ1) is 13.6. The predicted octanol–water partition coefficient (Wildman–Crippen LogP) is 3.35. The Hall–Kier alpha value is -3.55. The van der Waals surface area contributed by atoms with E-state index in [9.17, 15) is 19.7 Å². The highest BCUT2D eigenvalue weighted by atomic mass is 19.1. The summed E-state index contributed by atoms with van der Waals surface area (Å²) in [5.74, 6) is -0.934. The van der Waals surface area contributed by atoms with Crippen LogP contribution in [0.5, 0.6) is 17.5 Å². The smallest absolute Gasteiger partial charge is 0.202 e. The van der Waals surface area contributed by atoms with Crippen molar-refractivity contribution in [1.82, 2.24) is 19.6 Å². The van der Waals surface area contributed by atoms with Crippen molar-refractivity contribution in [1.29, 1.82) is 0 Å². The van der Waals surface area contributed by atoms with E-state index in [-0.39, 0.29) is 23.2 Å². The first kappa shape index (κ1) is 16.6. The van der Waals surface area contributed by atoms with Crippen LogP contribution in [0.15, 0.2) is 36.4 Å². The number of benzene rings is 2. The molecule has 3 N–H and O–H groups in total. The number of nitrogens with zero attached hydrogens (tertiary/aromatic N) is 4. The Balaban J connectivity index is 1.76. The minimum absolute atomic E-state index is 0.00213. The molecule has 2 aromatic carbocycles. The molecule has 0 bridgehead atoms. The molecule has 0 spiro atoms. The number of halogens is 1. The van der Waals surface area contributed by atoms with Crippen LogP contribution in [-0.4, -0.2) is 34.9 Å². The number of phenolic OH excluding ortho intramolecular Hbond substituents is 1. The Bertz CT molecular complexity index is 1200. The molecule has 0 saturated carbocycles. The van der Waals surface area contributed by atoms with Gasteiger partial charge < -0.3 is 15.3 Å². The summed E-state index contributed by atoms with van der Waals surface area (Å²) in [6, 6.07) is 9.27. The van der Waals surface area contributed by atoms with Crippen LogP contribution in [0.2, 0.25) is 0 Å². The van der Waals surface area contributed by atoms with E-state index in [1.54, 1.807) is 18.2 Å². The molecule has 4 aromatic rings. The third-order valence-electron chi connectivity index (χ3n) is 5.30. The van der Waals surface area contributed by atoms with E-state index in [1.807, 2.05) is 0 Å². The van der Waals surface area contributed by atoms with Gasteiger partial charge in [0.15, 0.2) is 0 Å². The monoisotopic (exact) mass is 380 g/mol. The highest BCUT2D eigenvalue weighted by Crippen LogP contribution is 2.41. The summed E-state index contributed by atoms with van der Waals surface area (Å²) in [6.45, 7) is 0. The highest BCUT2D eigenvalue weighted by molar-refractivity contribution is 5.80. The van der Waals surface area contributed by atoms with Gasteiger partial charge >= 0.3 is 0 Å². The summed E-state index contributed by atoms with van der Waals surface area (Å²) >= 11 is 0. The first-order valence-electron chi connectivity index (χ1n) is 9.04. The Morgan fingerprint density at radius 3 is 2.25 bits per heavy atom. The lowest BCUT2D eigenvalue weighted by Gasteiger charge is -2.10. The van der Waals surface area contributed by atoms with Gasteiger partial charge in [0.2, 0.25) is 11.8 Å². The fraction of sp³-hybridized carbons (Fsp3) is 0.200. The summed E-state index contributed by atoms with van der Waals surface area (Å²) in [4.78, 5) is 0. The van der Waals surface area contributed by atoms with Crippen molar-refractivity contribution >= 4 is 11.0 Å². The third-order valence-corrected chi connectivity index (χ3v) is 5.30. The van der Waals surface area contributed by atoms with Crippen molar-refractivity contribution in [2.75, 3.05) is 0 Å². The molecule has 0 radical (unpaired) electrons. The van der Waals surface area contributed by atoms with Crippen molar-refractivity contribution in [3.63, 3.8) is 0 Å². The molecule has 5 rings (SSSR count). The van der Waals surface area contributed by atoms with Gasteiger partial charge in [-0.25, -0.2) is 13.6 Å². The number of aromatic nitrogens is 4. The third kappa shape index (κ3) is 2.27. The van der Waals surface area contributed by atoms with Crippen LogP contribution in [-0.2, 0) is 12.8 Å². The molecule has 28 heavy (non-hydrogen) atoms. The molecule has 7 nitrogen and oxygen atoms in total. The van der Waals surface area contributed by atoms with E-state index in [2.05, 4.69) is 10.3 Å². The van der Waals surface area contributed by atoms with Gasteiger partial charge in [0.1, 0.15) is 22.8 Å². The number of para-hydroxylation sites is 2. The lowest BCUT2D eigenvalue weighted by molar-refractivity contribution is 0.396. The maximum atomic E-state index is 14.9. The molecule has 8 heteroatoms. The normalized spacial score (nSPS) is 13.8. The molecular weight excluding hydrogens is 363 g/mol.